The number of hydrogen-bond donors (Lipinski definition) is 2. The first-order valence-electron chi connectivity index (χ1n) is 8.03. The number of carbonyl (C=O) groups is 2. The van der Waals surface area contributed by atoms with Crippen molar-refractivity contribution < 1.29 is 27.9 Å². The molecule has 0 fully saturated rings. The van der Waals surface area contributed by atoms with Crippen LogP contribution < -0.4 is 11.2 Å². The van der Waals surface area contributed by atoms with Crippen LogP contribution >= 0.6 is 7.60 Å². The summed E-state index contributed by atoms with van der Waals surface area (Å²) in [4.78, 5) is 23.5. The minimum Gasteiger partial charge on any atom is -0.460 e. The van der Waals surface area contributed by atoms with Gasteiger partial charge in [-0.2, -0.15) is 5.10 Å². The number of rotatable bonds is 10. The molecule has 0 saturated carbocycles. The number of hydrogen-bond acceptors (Lipinski definition) is 7. The van der Waals surface area contributed by atoms with Crippen LogP contribution in [0, 0.1) is 0 Å². The number of primary amides is 1. The average Bonchev–Trinajstić information content (AvgIpc) is 2.59. The zero-order chi connectivity index (χ0) is 19.6. The van der Waals surface area contributed by atoms with E-state index in [2.05, 4.69) is 5.10 Å². The van der Waals surface area contributed by atoms with Crippen molar-refractivity contribution >= 4 is 25.3 Å². The highest BCUT2D eigenvalue weighted by molar-refractivity contribution is 7.57. The van der Waals surface area contributed by atoms with Crippen molar-refractivity contribution in [2.75, 3.05) is 13.2 Å². The Labute approximate surface area is 152 Å². The summed E-state index contributed by atoms with van der Waals surface area (Å²) in [6.07, 6.45) is 0. The molecule has 0 bridgehead atoms. The van der Waals surface area contributed by atoms with Crippen LogP contribution in [-0.2, 0) is 29.8 Å². The standard InChI is InChI=1S/C16H24N3O6P/c1-4-24-26(22,25-5-2)14(12(3)18-19-16(17)21)15(20)23-11-13-9-7-6-8-10-13/h6-10,14H,4-5,11H2,1-3H3,(H3,17,19,21)/b18-12+. The van der Waals surface area contributed by atoms with Crippen molar-refractivity contribution in [2.24, 2.45) is 10.8 Å². The average molecular weight is 385 g/mol. The molecule has 0 spiro atoms. The molecule has 0 heterocycles. The molecule has 0 aliphatic rings. The molecule has 2 amide bonds. The smallest absolute Gasteiger partial charge is 0.350 e. The van der Waals surface area contributed by atoms with Gasteiger partial charge in [0.25, 0.3) is 0 Å². The Hall–Kier alpha value is -2.22. The molecule has 0 radical (unpaired) electrons. The van der Waals surface area contributed by atoms with Gasteiger partial charge in [0.2, 0.25) is 0 Å². The highest BCUT2D eigenvalue weighted by Crippen LogP contribution is 2.54. The predicted octanol–water partition coefficient (Wildman–Crippen LogP) is 2.41. The second-order valence-electron chi connectivity index (χ2n) is 5.10. The summed E-state index contributed by atoms with van der Waals surface area (Å²) in [5.41, 5.74) is 6.29. The first-order valence-corrected chi connectivity index (χ1v) is 9.64. The molecular formula is C16H24N3O6P. The molecule has 1 aromatic carbocycles. The molecule has 3 N–H and O–H groups in total. The van der Waals surface area contributed by atoms with Gasteiger partial charge in [0.05, 0.1) is 18.9 Å². The zero-order valence-corrected chi connectivity index (χ0v) is 15.9. The number of urea groups is 1. The lowest BCUT2D eigenvalue weighted by molar-refractivity contribution is -0.143. The van der Waals surface area contributed by atoms with Crippen LogP contribution in [0.1, 0.15) is 26.3 Å². The molecule has 144 valence electrons. The highest BCUT2D eigenvalue weighted by Gasteiger charge is 2.44. The number of carbonyl (C=O) groups excluding carboxylic acids is 2. The molecule has 0 aromatic heterocycles. The maximum absolute atomic E-state index is 13.1. The minimum atomic E-state index is -3.92. The van der Waals surface area contributed by atoms with Gasteiger partial charge in [-0.3, -0.25) is 9.36 Å². The van der Waals surface area contributed by atoms with Crippen LogP contribution in [0.4, 0.5) is 4.79 Å². The third kappa shape index (κ3) is 6.59. The van der Waals surface area contributed by atoms with Crippen molar-refractivity contribution in [1.82, 2.24) is 5.43 Å². The van der Waals surface area contributed by atoms with Gasteiger partial charge in [0, 0.05) is 0 Å². The summed E-state index contributed by atoms with van der Waals surface area (Å²) >= 11 is 0. The van der Waals surface area contributed by atoms with E-state index in [9.17, 15) is 14.2 Å². The van der Waals surface area contributed by atoms with Gasteiger partial charge in [0.15, 0.2) is 5.66 Å². The predicted molar refractivity (Wildman–Crippen MR) is 96.7 cm³/mol. The van der Waals surface area contributed by atoms with E-state index in [1.807, 2.05) is 11.5 Å². The fourth-order valence-corrected chi connectivity index (χ4v) is 4.03. The molecule has 1 atom stereocenters. The second kappa shape index (κ2) is 10.7. The summed E-state index contributed by atoms with van der Waals surface area (Å²) in [7, 11) is -3.92. The van der Waals surface area contributed by atoms with Crippen LogP contribution in [0.3, 0.4) is 0 Å². The number of hydrazone groups is 1. The van der Waals surface area contributed by atoms with E-state index >= 15 is 0 Å². The Bertz CT molecular complexity index is 670. The number of nitrogens with zero attached hydrogens (tertiary/aromatic N) is 1. The maximum atomic E-state index is 13.1. The van der Waals surface area contributed by atoms with Crippen molar-refractivity contribution in [3.05, 3.63) is 35.9 Å². The molecule has 0 saturated heterocycles. The topological polar surface area (TPSA) is 129 Å². The summed E-state index contributed by atoms with van der Waals surface area (Å²) < 4.78 is 28.8. The Kier molecular flexibility index (Phi) is 8.98. The van der Waals surface area contributed by atoms with Crippen LogP contribution in [0.15, 0.2) is 35.4 Å². The lowest BCUT2D eigenvalue weighted by atomic mass is 10.2. The van der Waals surface area contributed by atoms with Gasteiger partial charge in [-0.1, -0.05) is 30.3 Å². The van der Waals surface area contributed by atoms with Gasteiger partial charge < -0.3 is 19.5 Å². The molecule has 9 nitrogen and oxygen atoms in total. The van der Waals surface area contributed by atoms with Gasteiger partial charge in [-0.25, -0.2) is 10.2 Å². The maximum Gasteiger partial charge on any atom is 0.350 e. The Morgan fingerprint density at radius 2 is 1.77 bits per heavy atom. The monoisotopic (exact) mass is 385 g/mol. The van der Waals surface area contributed by atoms with Crippen LogP contribution in [-0.4, -0.2) is 36.6 Å². The molecule has 1 rings (SSSR count). The van der Waals surface area contributed by atoms with Crippen LogP contribution in [0.5, 0.6) is 0 Å². The molecule has 26 heavy (non-hydrogen) atoms. The van der Waals surface area contributed by atoms with E-state index in [1.165, 1.54) is 6.92 Å². The number of benzene rings is 1. The first kappa shape index (κ1) is 21.8. The lowest BCUT2D eigenvalue weighted by Gasteiger charge is -2.24. The Morgan fingerprint density at radius 1 is 1.19 bits per heavy atom. The molecule has 1 unspecified atom stereocenters. The van der Waals surface area contributed by atoms with Crippen molar-refractivity contribution in [2.45, 2.75) is 33.0 Å². The zero-order valence-electron chi connectivity index (χ0n) is 15.0. The van der Waals surface area contributed by atoms with Crippen molar-refractivity contribution in [1.29, 1.82) is 0 Å². The van der Waals surface area contributed by atoms with Gasteiger partial charge in [0.1, 0.15) is 6.61 Å². The first-order chi connectivity index (χ1) is 12.3. The lowest BCUT2D eigenvalue weighted by Crippen LogP contribution is -2.35. The normalized spacial score (nSPS) is 13.1. The van der Waals surface area contributed by atoms with E-state index in [4.69, 9.17) is 19.5 Å². The fourth-order valence-electron chi connectivity index (χ4n) is 2.09. The third-order valence-corrected chi connectivity index (χ3v) is 5.57. The largest absolute Gasteiger partial charge is 0.460 e. The molecular weight excluding hydrogens is 361 g/mol. The van der Waals surface area contributed by atoms with Crippen LogP contribution in [0.25, 0.3) is 0 Å². The summed E-state index contributed by atoms with van der Waals surface area (Å²) in [5.74, 6) is -0.841. The van der Waals surface area contributed by atoms with Crippen molar-refractivity contribution in [3.8, 4) is 0 Å². The number of ether oxygens (including phenoxy) is 1. The molecule has 0 aliphatic carbocycles. The van der Waals surface area contributed by atoms with Crippen LogP contribution in [0.2, 0.25) is 0 Å². The Balaban J connectivity index is 3.08. The molecule has 10 heteroatoms. The highest BCUT2D eigenvalue weighted by atomic mass is 31.2. The van der Waals surface area contributed by atoms with Gasteiger partial charge >= 0.3 is 19.6 Å². The SMILES string of the molecule is CCOP(=O)(OCC)C(C(=O)OCc1ccccc1)/C(C)=N/NC(N)=O. The number of esters is 1. The van der Waals surface area contributed by atoms with Gasteiger partial charge in [-0.15, -0.1) is 0 Å². The summed E-state index contributed by atoms with van der Waals surface area (Å²) in [6, 6.07) is 8.07. The number of nitrogens with one attached hydrogen (secondary N) is 1. The number of nitrogens with two attached hydrogens (primary N) is 1. The second-order valence-corrected chi connectivity index (χ2v) is 7.21. The quantitative estimate of drug-likeness (QED) is 0.275. The molecule has 1 aromatic rings. The summed E-state index contributed by atoms with van der Waals surface area (Å²) in [6.45, 7) is 4.71. The van der Waals surface area contributed by atoms with E-state index in [0.29, 0.717) is 0 Å². The Morgan fingerprint density at radius 3 is 2.27 bits per heavy atom. The van der Waals surface area contributed by atoms with Crippen molar-refractivity contribution in [3.63, 3.8) is 0 Å². The van der Waals surface area contributed by atoms with E-state index in [1.54, 1.807) is 38.1 Å². The molecule has 0 aliphatic heterocycles. The fraction of sp³-hybridized carbons (Fsp3) is 0.438. The number of amides is 2. The van der Waals surface area contributed by atoms with E-state index in [-0.39, 0.29) is 25.5 Å². The third-order valence-electron chi connectivity index (χ3n) is 3.12. The van der Waals surface area contributed by atoms with Gasteiger partial charge in [-0.05, 0) is 26.3 Å². The summed E-state index contributed by atoms with van der Waals surface area (Å²) in [5, 5.41) is 3.69. The van der Waals surface area contributed by atoms with E-state index in [0.717, 1.165) is 5.56 Å². The van der Waals surface area contributed by atoms with E-state index < -0.39 is 25.3 Å². The minimum absolute atomic E-state index is 0.00732.